The Morgan fingerprint density at radius 2 is 2.35 bits per heavy atom. The molecule has 0 radical (unpaired) electrons. The van der Waals surface area contributed by atoms with Crippen molar-refractivity contribution in [2.45, 2.75) is 44.5 Å². The van der Waals surface area contributed by atoms with Gasteiger partial charge in [-0.25, -0.2) is 4.98 Å². The highest BCUT2D eigenvalue weighted by molar-refractivity contribution is 7.99. The summed E-state index contributed by atoms with van der Waals surface area (Å²) in [6.07, 6.45) is 2.13. The third-order valence-electron chi connectivity index (χ3n) is 2.06. The molecule has 1 heterocycles. The van der Waals surface area contributed by atoms with E-state index < -0.39 is 12.0 Å². The van der Waals surface area contributed by atoms with Gasteiger partial charge < -0.3 is 14.8 Å². The van der Waals surface area contributed by atoms with Crippen LogP contribution in [0.4, 0.5) is 0 Å². The molecule has 0 aliphatic carbocycles. The van der Waals surface area contributed by atoms with E-state index in [0.717, 1.165) is 5.69 Å². The number of aromatic nitrogens is 1. The lowest BCUT2D eigenvalue weighted by atomic mass is 10.2. The zero-order chi connectivity index (χ0) is 12.8. The van der Waals surface area contributed by atoms with Crippen molar-refractivity contribution in [3.05, 3.63) is 12.0 Å². The van der Waals surface area contributed by atoms with Crippen LogP contribution in [0.3, 0.4) is 0 Å². The van der Waals surface area contributed by atoms with Crippen molar-refractivity contribution in [1.82, 2.24) is 10.3 Å². The third-order valence-corrected chi connectivity index (χ3v) is 2.94. The molecule has 0 aliphatic rings. The molecular formula is C11H18N2O3S. The van der Waals surface area contributed by atoms with Crippen molar-refractivity contribution in [3.8, 4) is 0 Å². The number of nitrogens with one attached hydrogen (secondary N) is 1. The van der Waals surface area contributed by atoms with Gasteiger partial charge in [-0.1, -0.05) is 25.6 Å². The number of nitrogens with zero attached hydrogens (tertiary/aromatic N) is 1. The van der Waals surface area contributed by atoms with Crippen LogP contribution in [0.15, 0.2) is 15.9 Å². The lowest BCUT2D eigenvalue weighted by Gasteiger charge is -2.16. The Morgan fingerprint density at radius 1 is 1.65 bits per heavy atom. The summed E-state index contributed by atoms with van der Waals surface area (Å²) in [5.74, 6) is -0.153. The predicted octanol–water partition coefficient (Wildman–Crippen LogP) is 1.92. The van der Waals surface area contributed by atoms with Crippen molar-refractivity contribution >= 4 is 17.7 Å². The number of oxazole rings is 1. The van der Waals surface area contributed by atoms with Gasteiger partial charge in [-0.2, -0.15) is 0 Å². The number of rotatable bonds is 7. The number of hydrogen-bond acceptors (Lipinski definition) is 5. The summed E-state index contributed by atoms with van der Waals surface area (Å²) in [7, 11) is 0. The van der Waals surface area contributed by atoms with Crippen LogP contribution in [0.2, 0.25) is 0 Å². The quantitative estimate of drug-likeness (QED) is 0.728. The lowest BCUT2D eigenvalue weighted by Crippen LogP contribution is -2.41. The maximum Gasteiger partial charge on any atom is 0.320 e. The molecule has 0 fully saturated rings. The minimum absolute atomic E-state index is 0.157. The average Bonchev–Trinajstić information content (AvgIpc) is 2.62. The van der Waals surface area contributed by atoms with E-state index in [1.165, 1.54) is 11.8 Å². The van der Waals surface area contributed by atoms with E-state index in [9.17, 15) is 4.79 Å². The van der Waals surface area contributed by atoms with Gasteiger partial charge in [0.2, 0.25) is 0 Å². The van der Waals surface area contributed by atoms with Gasteiger partial charge in [0.25, 0.3) is 5.22 Å². The van der Waals surface area contributed by atoms with Gasteiger partial charge in [0.05, 0.1) is 5.69 Å². The largest absolute Gasteiger partial charge is 0.480 e. The van der Waals surface area contributed by atoms with Gasteiger partial charge in [0, 0.05) is 11.8 Å². The normalized spacial score (nSPS) is 12.9. The number of carbonyl (C=O) groups is 1. The summed E-state index contributed by atoms with van der Waals surface area (Å²) >= 11 is 1.43. The second-order valence-electron chi connectivity index (χ2n) is 4.10. The van der Waals surface area contributed by atoms with E-state index in [0.29, 0.717) is 17.4 Å². The topological polar surface area (TPSA) is 75.4 Å². The first-order chi connectivity index (χ1) is 7.99. The molecule has 2 N–H and O–H groups in total. The molecule has 5 nitrogen and oxygen atoms in total. The first-order valence-corrected chi connectivity index (χ1v) is 6.51. The predicted molar refractivity (Wildman–Crippen MR) is 66.3 cm³/mol. The van der Waals surface area contributed by atoms with Crippen LogP contribution in [0.5, 0.6) is 0 Å². The minimum atomic E-state index is -0.817. The maximum absolute atomic E-state index is 11.0. The summed E-state index contributed by atoms with van der Waals surface area (Å²) in [5, 5.41) is 12.6. The van der Waals surface area contributed by atoms with Crippen molar-refractivity contribution in [1.29, 1.82) is 0 Å². The summed E-state index contributed by atoms with van der Waals surface area (Å²) in [6, 6.07) is -0.358. The van der Waals surface area contributed by atoms with E-state index in [4.69, 9.17) is 9.52 Å². The molecule has 0 aliphatic heterocycles. The lowest BCUT2D eigenvalue weighted by molar-refractivity contribution is -0.139. The van der Waals surface area contributed by atoms with Crippen LogP contribution in [0, 0.1) is 6.92 Å². The fourth-order valence-electron chi connectivity index (χ4n) is 1.34. The highest BCUT2D eigenvalue weighted by Gasteiger charge is 2.17. The highest BCUT2D eigenvalue weighted by Crippen LogP contribution is 2.18. The molecule has 6 heteroatoms. The van der Waals surface area contributed by atoms with Crippen LogP contribution in [-0.2, 0) is 4.79 Å². The molecular weight excluding hydrogens is 240 g/mol. The Labute approximate surface area is 105 Å². The van der Waals surface area contributed by atoms with E-state index in [2.05, 4.69) is 10.3 Å². The van der Waals surface area contributed by atoms with E-state index >= 15 is 0 Å². The SMILES string of the molecule is Cc1coc(SCCC(NC(C)C)C(=O)O)n1. The molecule has 0 spiro atoms. The Morgan fingerprint density at radius 3 is 2.82 bits per heavy atom. The van der Waals surface area contributed by atoms with Crippen LogP contribution in [-0.4, -0.2) is 33.9 Å². The number of aryl methyl sites for hydroxylation is 1. The van der Waals surface area contributed by atoms with Crippen molar-refractivity contribution in [2.75, 3.05) is 5.75 Å². The molecule has 0 saturated heterocycles. The molecule has 1 atom stereocenters. The van der Waals surface area contributed by atoms with E-state index in [1.807, 2.05) is 20.8 Å². The van der Waals surface area contributed by atoms with E-state index in [1.54, 1.807) is 6.26 Å². The number of aliphatic carboxylic acids is 1. The molecule has 1 aromatic rings. The number of carboxylic acids is 1. The molecule has 1 aromatic heterocycles. The molecule has 96 valence electrons. The van der Waals surface area contributed by atoms with E-state index in [-0.39, 0.29) is 6.04 Å². The second-order valence-corrected chi connectivity index (χ2v) is 5.15. The Kier molecular flexibility index (Phi) is 5.50. The fourth-order valence-corrected chi connectivity index (χ4v) is 2.20. The van der Waals surface area contributed by atoms with Gasteiger partial charge in [0.15, 0.2) is 0 Å². The Balaban J connectivity index is 2.34. The first kappa shape index (κ1) is 14.1. The zero-order valence-electron chi connectivity index (χ0n) is 10.3. The van der Waals surface area contributed by atoms with Crippen molar-refractivity contribution < 1.29 is 14.3 Å². The molecule has 0 aromatic carbocycles. The van der Waals surface area contributed by atoms with Crippen LogP contribution < -0.4 is 5.32 Å². The molecule has 0 amide bonds. The molecule has 0 bridgehead atoms. The number of hydrogen-bond donors (Lipinski definition) is 2. The number of thioether (sulfide) groups is 1. The zero-order valence-corrected chi connectivity index (χ0v) is 11.1. The fraction of sp³-hybridized carbons (Fsp3) is 0.636. The molecule has 0 saturated carbocycles. The van der Waals surface area contributed by atoms with Gasteiger partial charge >= 0.3 is 5.97 Å². The summed E-state index contributed by atoms with van der Waals surface area (Å²) < 4.78 is 5.17. The minimum Gasteiger partial charge on any atom is -0.480 e. The monoisotopic (exact) mass is 258 g/mol. The Hall–Kier alpha value is -1.01. The summed E-state index contributed by atoms with van der Waals surface area (Å²) in [4.78, 5) is 15.1. The average molecular weight is 258 g/mol. The smallest absolute Gasteiger partial charge is 0.320 e. The van der Waals surface area contributed by atoms with Crippen molar-refractivity contribution in [3.63, 3.8) is 0 Å². The third kappa shape index (κ3) is 5.23. The maximum atomic E-state index is 11.0. The Bertz CT molecular complexity index is 365. The van der Waals surface area contributed by atoms with Crippen LogP contribution in [0.25, 0.3) is 0 Å². The molecule has 17 heavy (non-hydrogen) atoms. The van der Waals surface area contributed by atoms with Gasteiger partial charge in [-0.3, -0.25) is 4.79 Å². The van der Waals surface area contributed by atoms with Crippen LogP contribution in [0.1, 0.15) is 26.0 Å². The number of carboxylic acid groups (broad SMARTS) is 1. The first-order valence-electron chi connectivity index (χ1n) is 5.53. The van der Waals surface area contributed by atoms with Gasteiger partial charge in [0.1, 0.15) is 12.3 Å². The van der Waals surface area contributed by atoms with Crippen LogP contribution >= 0.6 is 11.8 Å². The van der Waals surface area contributed by atoms with Gasteiger partial charge in [-0.05, 0) is 13.3 Å². The standard InChI is InChI=1S/C11H18N2O3S/c1-7(2)12-9(10(14)15)4-5-17-11-13-8(3)6-16-11/h6-7,9,12H,4-5H2,1-3H3,(H,14,15). The summed E-state index contributed by atoms with van der Waals surface area (Å²) in [5.41, 5.74) is 0.836. The second kappa shape index (κ2) is 6.66. The van der Waals surface area contributed by atoms with Gasteiger partial charge in [-0.15, -0.1) is 0 Å². The van der Waals surface area contributed by atoms with Crippen molar-refractivity contribution in [2.24, 2.45) is 0 Å². The molecule has 1 rings (SSSR count). The molecule has 1 unspecified atom stereocenters. The summed E-state index contributed by atoms with van der Waals surface area (Å²) in [6.45, 7) is 5.72. The highest BCUT2D eigenvalue weighted by atomic mass is 32.2.